The first-order valence-corrected chi connectivity index (χ1v) is 5.99. The molecule has 90 valence electrons. The average Bonchev–Trinajstić information content (AvgIpc) is 2.46. The van der Waals surface area contributed by atoms with Crippen LogP contribution >= 0.6 is 11.6 Å². The predicted octanol–water partition coefficient (Wildman–Crippen LogP) is 4.28. The van der Waals surface area contributed by atoms with Crippen molar-refractivity contribution in [2.75, 3.05) is 0 Å². The van der Waals surface area contributed by atoms with E-state index in [0.717, 1.165) is 5.56 Å². The van der Waals surface area contributed by atoms with E-state index in [1.165, 1.54) is 0 Å². The normalized spacial score (nSPS) is 10.6. The Morgan fingerprint density at radius 2 is 1.68 bits per heavy atom. The first kappa shape index (κ1) is 12.9. The fourth-order valence-corrected chi connectivity index (χ4v) is 1.91. The Labute approximate surface area is 116 Å². The van der Waals surface area contributed by atoms with Gasteiger partial charge in [0.15, 0.2) is 0 Å². The summed E-state index contributed by atoms with van der Waals surface area (Å²) in [5, 5.41) is 18.5. The van der Waals surface area contributed by atoms with Gasteiger partial charge in [0.25, 0.3) is 0 Å². The first-order chi connectivity index (χ1) is 9.24. The van der Waals surface area contributed by atoms with Gasteiger partial charge in [-0.15, -0.1) is 0 Å². The lowest BCUT2D eigenvalue weighted by Gasteiger charge is -2.02. The summed E-state index contributed by atoms with van der Waals surface area (Å²) < 4.78 is 0. The van der Waals surface area contributed by atoms with Crippen molar-refractivity contribution in [3.8, 4) is 12.1 Å². The van der Waals surface area contributed by atoms with E-state index in [9.17, 15) is 5.26 Å². The van der Waals surface area contributed by atoms with Crippen LogP contribution in [0.5, 0.6) is 0 Å². The largest absolute Gasteiger partial charge is 0.192 e. The Morgan fingerprint density at radius 1 is 1.00 bits per heavy atom. The molecular weight excluding hydrogens is 256 g/mol. The number of nitrogens with zero attached hydrogens (tertiary/aromatic N) is 2. The molecule has 0 fully saturated rings. The lowest BCUT2D eigenvalue weighted by atomic mass is 10.0. The molecule has 3 heteroatoms. The zero-order valence-corrected chi connectivity index (χ0v) is 10.7. The highest BCUT2D eigenvalue weighted by Crippen LogP contribution is 2.25. The van der Waals surface area contributed by atoms with Crippen LogP contribution in [0.2, 0.25) is 5.02 Å². The van der Waals surface area contributed by atoms with Gasteiger partial charge in [0.05, 0.1) is 23.3 Å². The molecule has 2 nitrogen and oxygen atoms in total. The van der Waals surface area contributed by atoms with Crippen LogP contribution in [-0.4, -0.2) is 0 Å². The number of halogens is 1. The monoisotopic (exact) mass is 264 g/mol. The smallest absolute Gasteiger partial charge is 0.0998 e. The van der Waals surface area contributed by atoms with Gasteiger partial charge in [-0.2, -0.15) is 10.5 Å². The molecule has 2 aromatic rings. The molecule has 0 heterocycles. The molecule has 19 heavy (non-hydrogen) atoms. The molecule has 0 unspecified atom stereocenters. The Morgan fingerprint density at radius 3 is 2.26 bits per heavy atom. The molecule has 2 aromatic carbocycles. The van der Waals surface area contributed by atoms with Crippen molar-refractivity contribution in [1.29, 1.82) is 10.5 Å². The summed E-state index contributed by atoms with van der Waals surface area (Å²) in [4.78, 5) is 0. The zero-order chi connectivity index (χ0) is 13.7. The summed E-state index contributed by atoms with van der Waals surface area (Å²) in [5.41, 5.74) is 2.65. The Bertz CT molecular complexity index is 701. The van der Waals surface area contributed by atoms with Crippen LogP contribution in [0.4, 0.5) is 0 Å². The minimum absolute atomic E-state index is 0.496. The standard InChI is InChI=1S/C16H9ClN2/c17-16-4-2-1-3-15(16)14(11-19)9-12-5-7-13(10-18)8-6-12/h1-9H. The van der Waals surface area contributed by atoms with E-state index in [4.69, 9.17) is 16.9 Å². The van der Waals surface area contributed by atoms with Crippen molar-refractivity contribution in [2.24, 2.45) is 0 Å². The van der Waals surface area contributed by atoms with Gasteiger partial charge >= 0.3 is 0 Å². The van der Waals surface area contributed by atoms with Crippen molar-refractivity contribution in [3.05, 3.63) is 70.2 Å². The van der Waals surface area contributed by atoms with Gasteiger partial charge in [-0.25, -0.2) is 0 Å². The summed E-state index contributed by atoms with van der Waals surface area (Å²) in [5.74, 6) is 0. The maximum atomic E-state index is 9.24. The van der Waals surface area contributed by atoms with E-state index in [0.29, 0.717) is 21.7 Å². The van der Waals surface area contributed by atoms with E-state index < -0.39 is 0 Å². The molecule has 0 aliphatic heterocycles. The van der Waals surface area contributed by atoms with Crippen LogP contribution in [-0.2, 0) is 0 Å². The number of nitriles is 2. The van der Waals surface area contributed by atoms with Gasteiger partial charge in [0.1, 0.15) is 0 Å². The SMILES string of the molecule is N#CC(=Cc1ccc(C#N)cc1)c1ccccc1Cl. The van der Waals surface area contributed by atoms with Crippen LogP contribution in [0.1, 0.15) is 16.7 Å². The third-order valence-electron chi connectivity index (χ3n) is 2.64. The van der Waals surface area contributed by atoms with E-state index in [2.05, 4.69) is 12.1 Å². The average molecular weight is 265 g/mol. The molecule has 0 atom stereocenters. The molecule has 0 saturated heterocycles. The maximum Gasteiger partial charge on any atom is 0.0998 e. The number of rotatable bonds is 2. The van der Waals surface area contributed by atoms with Crippen LogP contribution in [0.3, 0.4) is 0 Å². The van der Waals surface area contributed by atoms with Crippen LogP contribution in [0, 0.1) is 22.7 Å². The van der Waals surface area contributed by atoms with Gasteiger partial charge in [0, 0.05) is 10.6 Å². The van der Waals surface area contributed by atoms with E-state index in [1.807, 2.05) is 12.1 Å². The van der Waals surface area contributed by atoms with Gasteiger partial charge in [0.2, 0.25) is 0 Å². The fourth-order valence-electron chi connectivity index (χ4n) is 1.67. The van der Waals surface area contributed by atoms with Gasteiger partial charge in [-0.1, -0.05) is 41.9 Å². The van der Waals surface area contributed by atoms with Crippen molar-refractivity contribution in [1.82, 2.24) is 0 Å². The number of hydrogen-bond donors (Lipinski definition) is 0. The molecule has 0 bridgehead atoms. The highest BCUT2D eigenvalue weighted by Gasteiger charge is 2.05. The lowest BCUT2D eigenvalue weighted by molar-refractivity contribution is 1.48. The molecule has 0 aliphatic carbocycles. The van der Waals surface area contributed by atoms with E-state index in [1.54, 1.807) is 42.5 Å². The summed E-state index contributed by atoms with van der Waals surface area (Å²) in [7, 11) is 0. The second-order valence-corrected chi connectivity index (χ2v) is 4.29. The topological polar surface area (TPSA) is 47.6 Å². The quantitative estimate of drug-likeness (QED) is 0.600. The summed E-state index contributed by atoms with van der Waals surface area (Å²) >= 11 is 6.08. The number of hydrogen-bond acceptors (Lipinski definition) is 2. The molecule has 0 radical (unpaired) electrons. The number of benzene rings is 2. The summed E-state index contributed by atoms with van der Waals surface area (Å²) in [6.45, 7) is 0. The first-order valence-electron chi connectivity index (χ1n) is 5.61. The van der Waals surface area contributed by atoms with E-state index >= 15 is 0 Å². The zero-order valence-electron chi connectivity index (χ0n) is 9.97. The van der Waals surface area contributed by atoms with Crippen LogP contribution < -0.4 is 0 Å². The van der Waals surface area contributed by atoms with E-state index in [-0.39, 0.29) is 0 Å². The Kier molecular flexibility index (Phi) is 3.98. The molecule has 0 N–H and O–H groups in total. The highest BCUT2D eigenvalue weighted by atomic mass is 35.5. The van der Waals surface area contributed by atoms with Crippen LogP contribution in [0.15, 0.2) is 48.5 Å². The molecule has 2 rings (SSSR count). The Balaban J connectivity index is 2.42. The van der Waals surface area contributed by atoms with Crippen molar-refractivity contribution in [2.45, 2.75) is 0 Å². The second kappa shape index (κ2) is 5.87. The maximum absolute atomic E-state index is 9.24. The Hall–Kier alpha value is -2.55. The second-order valence-electron chi connectivity index (χ2n) is 3.88. The molecule has 0 aromatic heterocycles. The van der Waals surface area contributed by atoms with Crippen molar-refractivity contribution in [3.63, 3.8) is 0 Å². The van der Waals surface area contributed by atoms with Gasteiger partial charge in [-0.05, 0) is 29.8 Å². The van der Waals surface area contributed by atoms with Crippen molar-refractivity contribution >= 4 is 23.3 Å². The molecule has 0 spiro atoms. The molecular formula is C16H9ClN2. The van der Waals surface area contributed by atoms with Gasteiger partial charge < -0.3 is 0 Å². The van der Waals surface area contributed by atoms with Crippen LogP contribution in [0.25, 0.3) is 11.6 Å². The lowest BCUT2D eigenvalue weighted by Crippen LogP contribution is -1.84. The predicted molar refractivity (Wildman–Crippen MR) is 76.1 cm³/mol. The molecule has 0 aliphatic rings. The third-order valence-corrected chi connectivity index (χ3v) is 2.96. The minimum atomic E-state index is 0.496. The van der Waals surface area contributed by atoms with Crippen molar-refractivity contribution < 1.29 is 0 Å². The molecule has 0 amide bonds. The highest BCUT2D eigenvalue weighted by molar-refractivity contribution is 6.32. The van der Waals surface area contributed by atoms with Gasteiger partial charge in [-0.3, -0.25) is 0 Å². The molecule has 0 saturated carbocycles. The third kappa shape index (κ3) is 3.01. The summed E-state index contributed by atoms with van der Waals surface area (Å²) in [6, 6.07) is 18.4. The fraction of sp³-hybridized carbons (Fsp3) is 0. The summed E-state index contributed by atoms with van der Waals surface area (Å²) in [6.07, 6.45) is 1.75. The number of allylic oxidation sites excluding steroid dienone is 1. The minimum Gasteiger partial charge on any atom is -0.192 e.